The fourth-order valence-corrected chi connectivity index (χ4v) is 4.22. The minimum Gasteiger partial charge on any atom is -0.357 e. The predicted molar refractivity (Wildman–Crippen MR) is 105 cm³/mol. The van der Waals surface area contributed by atoms with E-state index in [1.807, 2.05) is 23.9 Å². The van der Waals surface area contributed by atoms with Gasteiger partial charge in [-0.15, -0.1) is 0 Å². The number of aromatic nitrogens is 3. The summed E-state index contributed by atoms with van der Waals surface area (Å²) in [6.07, 6.45) is 1.94. The number of hydrogen-bond acceptors (Lipinski definition) is 5. The van der Waals surface area contributed by atoms with E-state index < -0.39 is 0 Å². The molecular formula is C19H17FN4S2. The second-order valence-corrected chi connectivity index (χ2v) is 7.72. The molecule has 26 heavy (non-hydrogen) atoms. The van der Waals surface area contributed by atoms with Crippen LogP contribution in [-0.4, -0.2) is 14.8 Å². The molecule has 0 saturated heterocycles. The second-order valence-electron chi connectivity index (χ2n) is 5.94. The third kappa shape index (κ3) is 3.84. The van der Waals surface area contributed by atoms with Gasteiger partial charge < -0.3 is 5.32 Å². The Bertz CT molecular complexity index is 987. The first-order valence-electron chi connectivity index (χ1n) is 8.18. The van der Waals surface area contributed by atoms with E-state index in [1.54, 1.807) is 34.8 Å². The average Bonchev–Trinajstić information content (AvgIpc) is 3.36. The lowest BCUT2D eigenvalue weighted by atomic mass is 10.2. The molecule has 0 bridgehead atoms. The van der Waals surface area contributed by atoms with Gasteiger partial charge in [-0.1, -0.05) is 23.5 Å². The number of anilines is 1. The van der Waals surface area contributed by atoms with E-state index in [9.17, 15) is 4.39 Å². The van der Waals surface area contributed by atoms with Gasteiger partial charge >= 0.3 is 0 Å². The number of aryl methyl sites for hydroxylation is 1. The molecule has 0 aliphatic rings. The van der Waals surface area contributed by atoms with E-state index in [2.05, 4.69) is 32.2 Å². The lowest BCUT2D eigenvalue weighted by Gasteiger charge is -2.01. The minimum absolute atomic E-state index is 0.224. The predicted octanol–water partition coefficient (Wildman–Crippen LogP) is 5.18. The summed E-state index contributed by atoms with van der Waals surface area (Å²) < 4.78 is 14.9. The monoisotopic (exact) mass is 384 g/mol. The summed E-state index contributed by atoms with van der Waals surface area (Å²) in [7, 11) is 0. The first kappa shape index (κ1) is 16.9. The van der Waals surface area contributed by atoms with Crippen LogP contribution in [0, 0.1) is 12.7 Å². The maximum absolute atomic E-state index is 13.0. The number of rotatable bonds is 6. The highest BCUT2D eigenvalue weighted by Gasteiger charge is 2.12. The summed E-state index contributed by atoms with van der Waals surface area (Å²) in [6, 6.07) is 10.6. The molecule has 4 nitrogen and oxygen atoms in total. The Morgan fingerprint density at radius 2 is 1.96 bits per heavy atom. The van der Waals surface area contributed by atoms with Crippen LogP contribution in [0.4, 0.5) is 9.52 Å². The van der Waals surface area contributed by atoms with Crippen LogP contribution in [-0.2, 0) is 13.1 Å². The van der Waals surface area contributed by atoms with Crippen LogP contribution in [0.2, 0.25) is 0 Å². The van der Waals surface area contributed by atoms with Crippen LogP contribution in [0.1, 0.15) is 16.8 Å². The molecule has 0 aliphatic heterocycles. The molecule has 4 aromatic rings. The van der Waals surface area contributed by atoms with Crippen molar-refractivity contribution < 1.29 is 4.39 Å². The van der Waals surface area contributed by atoms with Gasteiger partial charge in [0.2, 0.25) is 0 Å². The Morgan fingerprint density at radius 3 is 2.73 bits per heavy atom. The Morgan fingerprint density at radius 1 is 1.12 bits per heavy atom. The zero-order valence-electron chi connectivity index (χ0n) is 14.1. The highest BCUT2D eigenvalue weighted by molar-refractivity contribution is 7.19. The number of halogens is 1. The normalized spacial score (nSPS) is 11.0. The topological polar surface area (TPSA) is 42.7 Å². The molecule has 0 fully saturated rings. The van der Waals surface area contributed by atoms with Gasteiger partial charge in [0.25, 0.3) is 0 Å². The fourth-order valence-electron chi connectivity index (χ4n) is 2.63. The lowest BCUT2D eigenvalue weighted by molar-refractivity contribution is 0.624. The van der Waals surface area contributed by atoms with Crippen molar-refractivity contribution in [3.8, 4) is 10.6 Å². The Hall–Kier alpha value is -2.51. The van der Waals surface area contributed by atoms with Crippen molar-refractivity contribution in [3.05, 3.63) is 76.0 Å². The number of benzene rings is 1. The van der Waals surface area contributed by atoms with Gasteiger partial charge in [0, 0.05) is 12.7 Å². The molecule has 0 radical (unpaired) electrons. The summed E-state index contributed by atoms with van der Waals surface area (Å²) in [4.78, 5) is 5.67. The number of thiophene rings is 1. The number of thiazole rings is 1. The van der Waals surface area contributed by atoms with Crippen LogP contribution in [0.25, 0.3) is 10.6 Å². The van der Waals surface area contributed by atoms with Crippen molar-refractivity contribution in [2.45, 2.75) is 20.0 Å². The highest BCUT2D eigenvalue weighted by Crippen LogP contribution is 2.32. The molecule has 0 saturated carbocycles. The Balaban J connectivity index is 1.47. The van der Waals surface area contributed by atoms with Crippen molar-refractivity contribution >= 4 is 27.8 Å². The molecule has 0 aliphatic carbocycles. The maximum atomic E-state index is 13.0. The summed E-state index contributed by atoms with van der Waals surface area (Å²) in [5.74, 6) is -0.224. The first-order chi connectivity index (χ1) is 12.7. The van der Waals surface area contributed by atoms with Gasteiger partial charge in [-0.3, -0.25) is 4.68 Å². The molecular weight excluding hydrogens is 367 g/mol. The van der Waals surface area contributed by atoms with E-state index >= 15 is 0 Å². The van der Waals surface area contributed by atoms with Crippen LogP contribution < -0.4 is 5.32 Å². The van der Waals surface area contributed by atoms with Crippen molar-refractivity contribution in [1.29, 1.82) is 0 Å². The summed E-state index contributed by atoms with van der Waals surface area (Å²) in [5.41, 5.74) is 4.15. The molecule has 1 N–H and O–H groups in total. The average molecular weight is 385 g/mol. The van der Waals surface area contributed by atoms with Gasteiger partial charge in [-0.25, -0.2) is 9.37 Å². The quantitative estimate of drug-likeness (QED) is 0.498. The number of hydrogen-bond donors (Lipinski definition) is 1. The molecule has 1 aromatic carbocycles. The molecule has 4 rings (SSSR count). The van der Waals surface area contributed by atoms with Crippen molar-refractivity contribution in [2.75, 3.05) is 5.32 Å². The summed E-state index contributed by atoms with van der Waals surface area (Å²) >= 11 is 3.31. The molecule has 0 atom stereocenters. The Labute approximate surface area is 159 Å². The van der Waals surface area contributed by atoms with E-state index in [0.29, 0.717) is 6.54 Å². The van der Waals surface area contributed by atoms with Gasteiger partial charge in [-0.05, 0) is 53.1 Å². The third-order valence-corrected chi connectivity index (χ3v) is 5.82. The van der Waals surface area contributed by atoms with Crippen LogP contribution >= 0.6 is 22.7 Å². The molecule has 132 valence electrons. The molecule has 7 heteroatoms. The number of nitrogens with one attached hydrogen (secondary N) is 1. The van der Waals surface area contributed by atoms with Gasteiger partial charge in [0.05, 0.1) is 17.1 Å². The van der Waals surface area contributed by atoms with Crippen molar-refractivity contribution in [1.82, 2.24) is 14.8 Å². The van der Waals surface area contributed by atoms with E-state index in [-0.39, 0.29) is 5.82 Å². The molecule has 0 spiro atoms. The van der Waals surface area contributed by atoms with Crippen molar-refractivity contribution in [2.24, 2.45) is 0 Å². The Kier molecular flexibility index (Phi) is 4.81. The molecule has 0 unspecified atom stereocenters. The number of nitrogens with zero attached hydrogens (tertiary/aromatic N) is 3. The van der Waals surface area contributed by atoms with E-state index in [1.165, 1.54) is 17.7 Å². The van der Waals surface area contributed by atoms with Crippen molar-refractivity contribution in [3.63, 3.8) is 0 Å². The molecule has 3 aromatic heterocycles. The van der Waals surface area contributed by atoms with Gasteiger partial charge in [0.1, 0.15) is 11.5 Å². The van der Waals surface area contributed by atoms with E-state index in [4.69, 9.17) is 0 Å². The lowest BCUT2D eigenvalue weighted by Crippen LogP contribution is -2.00. The zero-order valence-corrected chi connectivity index (χ0v) is 15.8. The standard InChI is InChI=1S/C19H17FN4S2/c1-13-18(26-19(22-13)21-10-15-7-9-25-12-15)17-6-8-24(23-17)11-14-2-4-16(20)5-3-14/h2-9,12H,10-11H2,1H3,(H,21,22). The fraction of sp³-hybridized carbons (Fsp3) is 0.158. The SMILES string of the molecule is Cc1nc(NCc2ccsc2)sc1-c1ccn(Cc2ccc(F)cc2)n1. The summed E-state index contributed by atoms with van der Waals surface area (Å²) in [5, 5.41) is 13.1. The highest BCUT2D eigenvalue weighted by atomic mass is 32.1. The largest absolute Gasteiger partial charge is 0.357 e. The zero-order chi connectivity index (χ0) is 17.9. The van der Waals surface area contributed by atoms with Gasteiger partial charge in [-0.2, -0.15) is 16.4 Å². The summed E-state index contributed by atoms with van der Waals surface area (Å²) in [6.45, 7) is 3.39. The third-order valence-electron chi connectivity index (χ3n) is 3.95. The van der Waals surface area contributed by atoms with Crippen LogP contribution in [0.15, 0.2) is 53.4 Å². The maximum Gasteiger partial charge on any atom is 0.183 e. The molecule has 0 amide bonds. The smallest absolute Gasteiger partial charge is 0.183 e. The second kappa shape index (κ2) is 7.39. The van der Waals surface area contributed by atoms with E-state index in [0.717, 1.165) is 33.5 Å². The van der Waals surface area contributed by atoms with Crippen LogP contribution in [0.5, 0.6) is 0 Å². The van der Waals surface area contributed by atoms with Crippen LogP contribution in [0.3, 0.4) is 0 Å². The first-order valence-corrected chi connectivity index (χ1v) is 9.94. The molecule has 3 heterocycles. The van der Waals surface area contributed by atoms with Gasteiger partial charge in [0.15, 0.2) is 5.13 Å². The minimum atomic E-state index is -0.224.